The van der Waals surface area contributed by atoms with Crippen molar-refractivity contribution in [3.63, 3.8) is 0 Å². The summed E-state index contributed by atoms with van der Waals surface area (Å²) in [7, 11) is 0. The highest BCUT2D eigenvalue weighted by Gasteiger charge is 2.25. The number of carbonyl (C=O) groups excluding carboxylic acids is 2. The van der Waals surface area contributed by atoms with Crippen molar-refractivity contribution >= 4 is 12.0 Å². The standard InChI is InChI=1S/C11H20N2O3.H2/c1-11(2,3)16-10(15)13-8-6-4-5-7-12-9(8)14;/h8H,4-7H2,1-3H3,(H,12,14)(H,13,15);1H. The Morgan fingerprint density at radius 1 is 1.50 bits per heavy atom. The number of ether oxygens (including phenoxy) is 1. The molecule has 1 saturated heterocycles. The van der Waals surface area contributed by atoms with E-state index in [0.717, 1.165) is 12.8 Å². The lowest BCUT2D eigenvalue weighted by molar-refractivity contribution is -0.122. The highest BCUT2D eigenvalue weighted by atomic mass is 16.6. The average molecular weight is 230 g/mol. The van der Waals surface area contributed by atoms with Crippen LogP contribution < -0.4 is 10.6 Å². The van der Waals surface area contributed by atoms with Gasteiger partial charge in [0.2, 0.25) is 5.91 Å². The molecule has 1 heterocycles. The number of rotatable bonds is 1. The van der Waals surface area contributed by atoms with Crippen molar-refractivity contribution in [2.45, 2.75) is 51.7 Å². The summed E-state index contributed by atoms with van der Waals surface area (Å²) < 4.78 is 5.10. The molecule has 1 aliphatic rings. The number of nitrogens with one attached hydrogen (secondary N) is 2. The van der Waals surface area contributed by atoms with E-state index < -0.39 is 17.7 Å². The van der Waals surface area contributed by atoms with E-state index >= 15 is 0 Å². The van der Waals surface area contributed by atoms with E-state index in [9.17, 15) is 9.59 Å². The van der Waals surface area contributed by atoms with Crippen LogP contribution in [0.1, 0.15) is 41.5 Å². The molecule has 0 aliphatic carbocycles. The summed E-state index contributed by atoms with van der Waals surface area (Å²) in [6.07, 6.45) is 2.03. The van der Waals surface area contributed by atoms with E-state index in [2.05, 4.69) is 10.6 Å². The molecular formula is C11H22N2O3. The number of amides is 2. The predicted octanol–water partition coefficient (Wildman–Crippen LogP) is 1.43. The minimum Gasteiger partial charge on any atom is -0.444 e. The molecule has 1 fully saturated rings. The first-order valence-corrected chi connectivity index (χ1v) is 5.66. The Balaban J connectivity index is 0.00000256. The largest absolute Gasteiger partial charge is 0.444 e. The molecule has 1 rings (SSSR count). The fraction of sp³-hybridized carbons (Fsp3) is 0.818. The summed E-state index contributed by atoms with van der Waals surface area (Å²) in [5, 5.41) is 5.35. The summed E-state index contributed by atoms with van der Waals surface area (Å²) >= 11 is 0. The van der Waals surface area contributed by atoms with Crippen LogP contribution in [0.15, 0.2) is 0 Å². The van der Waals surface area contributed by atoms with Crippen LogP contribution >= 0.6 is 0 Å². The fourth-order valence-electron chi connectivity index (χ4n) is 1.53. The lowest BCUT2D eigenvalue weighted by Crippen LogP contribution is -2.47. The Kier molecular flexibility index (Phi) is 4.15. The zero-order valence-electron chi connectivity index (χ0n) is 10.1. The first-order chi connectivity index (χ1) is 7.38. The highest BCUT2D eigenvalue weighted by molar-refractivity contribution is 5.85. The number of alkyl carbamates (subject to hydrolysis) is 1. The maximum atomic E-state index is 11.5. The van der Waals surface area contributed by atoms with Gasteiger partial charge in [-0.1, -0.05) is 0 Å². The summed E-state index contributed by atoms with van der Waals surface area (Å²) in [6.45, 7) is 6.06. The highest BCUT2D eigenvalue weighted by Crippen LogP contribution is 2.09. The number of hydrogen-bond acceptors (Lipinski definition) is 3. The monoisotopic (exact) mass is 230 g/mol. The van der Waals surface area contributed by atoms with Gasteiger partial charge in [0.15, 0.2) is 0 Å². The van der Waals surface area contributed by atoms with E-state index in [0.29, 0.717) is 13.0 Å². The van der Waals surface area contributed by atoms with Crippen LogP contribution in [0, 0.1) is 0 Å². The van der Waals surface area contributed by atoms with Crippen molar-refractivity contribution in [2.24, 2.45) is 0 Å². The minimum absolute atomic E-state index is 0. The molecule has 5 nitrogen and oxygen atoms in total. The van der Waals surface area contributed by atoms with Crippen LogP contribution in [0.4, 0.5) is 4.79 Å². The molecule has 0 saturated carbocycles. The fourth-order valence-corrected chi connectivity index (χ4v) is 1.53. The summed E-state index contributed by atoms with van der Waals surface area (Å²) in [6, 6.07) is -0.461. The van der Waals surface area contributed by atoms with Gasteiger partial charge < -0.3 is 15.4 Å². The van der Waals surface area contributed by atoms with Crippen molar-refractivity contribution in [3.8, 4) is 0 Å². The normalized spacial score (nSPS) is 21.9. The lowest BCUT2D eigenvalue weighted by Gasteiger charge is -2.22. The second-order valence-corrected chi connectivity index (χ2v) is 4.99. The van der Waals surface area contributed by atoms with Gasteiger partial charge in [-0.05, 0) is 40.0 Å². The summed E-state index contributed by atoms with van der Waals surface area (Å²) in [4.78, 5) is 23.0. The molecule has 0 aromatic heterocycles. The van der Waals surface area contributed by atoms with Crippen molar-refractivity contribution < 1.29 is 15.8 Å². The van der Waals surface area contributed by atoms with Gasteiger partial charge in [0.1, 0.15) is 11.6 Å². The van der Waals surface area contributed by atoms with E-state index in [-0.39, 0.29) is 7.33 Å². The van der Waals surface area contributed by atoms with Crippen LogP contribution in [0.2, 0.25) is 0 Å². The van der Waals surface area contributed by atoms with Crippen molar-refractivity contribution in [3.05, 3.63) is 0 Å². The molecule has 0 bridgehead atoms. The number of hydrogen-bond donors (Lipinski definition) is 2. The maximum absolute atomic E-state index is 11.5. The van der Waals surface area contributed by atoms with Gasteiger partial charge in [-0.3, -0.25) is 4.79 Å². The molecule has 16 heavy (non-hydrogen) atoms. The third-order valence-corrected chi connectivity index (χ3v) is 2.23. The zero-order valence-corrected chi connectivity index (χ0v) is 10.1. The molecule has 5 heteroatoms. The maximum Gasteiger partial charge on any atom is 0.408 e. The van der Waals surface area contributed by atoms with Gasteiger partial charge in [0, 0.05) is 7.97 Å². The molecule has 0 aromatic rings. The first-order valence-electron chi connectivity index (χ1n) is 5.66. The molecular weight excluding hydrogens is 208 g/mol. The third kappa shape index (κ3) is 4.51. The Hall–Kier alpha value is -1.26. The predicted molar refractivity (Wildman–Crippen MR) is 62.1 cm³/mol. The van der Waals surface area contributed by atoms with Crippen molar-refractivity contribution in [1.82, 2.24) is 10.6 Å². The van der Waals surface area contributed by atoms with E-state index in [1.807, 2.05) is 0 Å². The topological polar surface area (TPSA) is 67.4 Å². The zero-order chi connectivity index (χ0) is 12.2. The lowest BCUT2D eigenvalue weighted by atomic mass is 10.1. The van der Waals surface area contributed by atoms with Crippen LogP contribution in [-0.4, -0.2) is 30.2 Å². The molecule has 1 atom stereocenters. The molecule has 0 radical (unpaired) electrons. The third-order valence-electron chi connectivity index (χ3n) is 2.23. The molecule has 1 aliphatic heterocycles. The van der Waals surface area contributed by atoms with Gasteiger partial charge in [-0.15, -0.1) is 0 Å². The smallest absolute Gasteiger partial charge is 0.408 e. The summed E-state index contributed by atoms with van der Waals surface area (Å²) in [5.41, 5.74) is -0.536. The Bertz CT molecular complexity index is 276. The van der Waals surface area contributed by atoms with Crippen molar-refractivity contribution in [1.29, 1.82) is 0 Å². The average Bonchev–Trinajstić information content (AvgIpc) is 2.29. The van der Waals surface area contributed by atoms with E-state index in [1.54, 1.807) is 20.8 Å². The molecule has 1 unspecified atom stereocenters. The molecule has 2 amide bonds. The Labute approximate surface area is 97.4 Å². The Morgan fingerprint density at radius 3 is 2.81 bits per heavy atom. The molecule has 0 aromatic carbocycles. The molecule has 94 valence electrons. The molecule has 0 spiro atoms. The second-order valence-electron chi connectivity index (χ2n) is 4.99. The van der Waals surface area contributed by atoms with E-state index in [4.69, 9.17) is 4.74 Å². The SMILES string of the molecule is CC(C)(C)OC(=O)NC1CCCCNC1=O.[HH]. The van der Waals surface area contributed by atoms with Crippen molar-refractivity contribution in [2.75, 3.05) is 6.54 Å². The van der Waals surface area contributed by atoms with E-state index in [1.165, 1.54) is 0 Å². The number of carbonyl (C=O) groups is 2. The summed E-state index contributed by atoms with van der Waals surface area (Å²) in [5.74, 6) is -0.122. The molecule has 2 N–H and O–H groups in total. The van der Waals surface area contributed by atoms with Gasteiger partial charge >= 0.3 is 6.09 Å². The van der Waals surface area contributed by atoms with Crippen LogP contribution in [0.25, 0.3) is 0 Å². The van der Waals surface area contributed by atoms with Gasteiger partial charge in [0.25, 0.3) is 0 Å². The minimum atomic E-state index is -0.536. The quantitative estimate of drug-likeness (QED) is 0.716. The van der Waals surface area contributed by atoms with Gasteiger partial charge in [0.05, 0.1) is 0 Å². The Morgan fingerprint density at radius 2 is 2.19 bits per heavy atom. The van der Waals surface area contributed by atoms with Gasteiger partial charge in [-0.25, -0.2) is 4.79 Å². The van der Waals surface area contributed by atoms with Crippen LogP contribution in [0.3, 0.4) is 0 Å². The van der Waals surface area contributed by atoms with Gasteiger partial charge in [-0.2, -0.15) is 0 Å². The first kappa shape index (κ1) is 12.8. The van der Waals surface area contributed by atoms with Crippen LogP contribution in [0.5, 0.6) is 0 Å². The van der Waals surface area contributed by atoms with Crippen LogP contribution in [-0.2, 0) is 9.53 Å². The second kappa shape index (κ2) is 5.18.